The molecular weight excluding hydrogens is 334 g/mol. The summed E-state index contributed by atoms with van der Waals surface area (Å²) in [5.41, 5.74) is 2.34. The van der Waals surface area contributed by atoms with Crippen molar-refractivity contribution in [3.05, 3.63) is 72.3 Å². The molecule has 0 N–H and O–H groups in total. The summed E-state index contributed by atoms with van der Waals surface area (Å²) in [7, 11) is 0. The topological polar surface area (TPSA) is 26.8 Å². The molecule has 0 spiro atoms. The van der Waals surface area contributed by atoms with Gasteiger partial charge in [0.15, 0.2) is 0 Å². The Balaban J connectivity index is 1.44. The van der Waals surface area contributed by atoms with Gasteiger partial charge in [-0.2, -0.15) is 0 Å². The highest BCUT2D eigenvalue weighted by Gasteiger charge is 2.21. The third-order valence-electron chi connectivity index (χ3n) is 5.03. The molecule has 0 aliphatic carbocycles. The summed E-state index contributed by atoms with van der Waals surface area (Å²) in [5, 5.41) is 0. The van der Waals surface area contributed by atoms with Gasteiger partial charge in [0.2, 0.25) is 5.91 Å². The van der Waals surface area contributed by atoms with E-state index in [1.165, 1.54) is 5.56 Å². The number of benzene rings is 2. The molecule has 0 unspecified atom stereocenters. The first-order valence-corrected chi connectivity index (χ1v) is 9.78. The van der Waals surface area contributed by atoms with Gasteiger partial charge in [-0.3, -0.25) is 9.69 Å². The summed E-state index contributed by atoms with van der Waals surface area (Å²) in [5.74, 6) is 0.222. The van der Waals surface area contributed by atoms with E-state index in [1.54, 1.807) is 0 Å². The molecule has 1 aliphatic rings. The lowest BCUT2D eigenvalue weighted by Gasteiger charge is -2.35. The second kappa shape index (κ2) is 9.93. The van der Waals surface area contributed by atoms with Gasteiger partial charge in [0.05, 0.1) is 6.54 Å². The Morgan fingerprint density at radius 3 is 2.22 bits per heavy atom. The highest BCUT2D eigenvalue weighted by molar-refractivity contribution is 5.81. The second-order valence-corrected chi connectivity index (χ2v) is 6.84. The number of hydrogen-bond acceptors (Lipinski definition) is 3. The van der Waals surface area contributed by atoms with Crippen LogP contribution in [0.5, 0.6) is 0 Å². The van der Waals surface area contributed by atoms with Crippen molar-refractivity contribution in [3.63, 3.8) is 0 Å². The zero-order chi connectivity index (χ0) is 18.9. The van der Waals surface area contributed by atoms with Crippen LogP contribution in [0.1, 0.15) is 12.5 Å². The first kappa shape index (κ1) is 19.2. The Kier molecular flexibility index (Phi) is 7.05. The fraction of sp³-hybridized carbons (Fsp3) is 0.348. The van der Waals surface area contributed by atoms with E-state index >= 15 is 0 Å². The number of amides is 1. The van der Waals surface area contributed by atoms with Crippen LogP contribution in [0.3, 0.4) is 0 Å². The van der Waals surface area contributed by atoms with Crippen molar-refractivity contribution in [2.24, 2.45) is 0 Å². The highest BCUT2D eigenvalue weighted by Crippen LogP contribution is 2.13. The summed E-state index contributed by atoms with van der Waals surface area (Å²) < 4.78 is 0. The minimum atomic E-state index is 0.222. The molecule has 3 rings (SSSR count). The standard InChI is InChI=1S/C23H29N3O/c1-2-25(22-13-7-4-8-14-22)20-23(27)26-18-16-24(17-19-26)15-9-12-21-10-5-3-6-11-21/h3-14H,2,15-20H2,1H3/b12-9+. The van der Waals surface area contributed by atoms with Crippen LogP contribution < -0.4 is 4.90 Å². The molecule has 1 amide bonds. The van der Waals surface area contributed by atoms with E-state index in [0.717, 1.165) is 45.0 Å². The molecule has 0 aromatic heterocycles. The van der Waals surface area contributed by atoms with Gasteiger partial charge in [-0.05, 0) is 24.6 Å². The van der Waals surface area contributed by atoms with Crippen molar-refractivity contribution < 1.29 is 4.79 Å². The Labute approximate surface area is 162 Å². The fourth-order valence-corrected chi connectivity index (χ4v) is 3.37. The van der Waals surface area contributed by atoms with E-state index in [4.69, 9.17) is 0 Å². The van der Waals surface area contributed by atoms with Crippen LogP contribution in [-0.4, -0.2) is 61.5 Å². The average molecular weight is 364 g/mol. The van der Waals surface area contributed by atoms with Gasteiger partial charge in [-0.1, -0.05) is 60.7 Å². The Morgan fingerprint density at radius 1 is 0.963 bits per heavy atom. The van der Waals surface area contributed by atoms with Crippen molar-refractivity contribution in [2.45, 2.75) is 6.92 Å². The number of likely N-dealkylation sites (N-methyl/N-ethyl adjacent to an activating group) is 1. The predicted molar refractivity (Wildman–Crippen MR) is 113 cm³/mol. The van der Waals surface area contributed by atoms with Crippen LogP contribution >= 0.6 is 0 Å². The molecule has 0 saturated carbocycles. The van der Waals surface area contributed by atoms with Crippen LogP contribution in [0.15, 0.2) is 66.7 Å². The summed E-state index contributed by atoms with van der Waals surface area (Å²) in [6.45, 7) is 7.80. The van der Waals surface area contributed by atoms with Crippen molar-refractivity contribution in [1.29, 1.82) is 0 Å². The molecule has 1 heterocycles. The first-order valence-electron chi connectivity index (χ1n) is 9.78. The van der Waals surface area contributed by atoms with Gasteiger partial charge in [0.1, 0.15) is 0 Å². The van der Waals surface area contributed by atoms with Gasteiger partial charge < -0.3 is 9.80 Å². The molecule has 1 aliphatic heterocycles. The number of carbonyl (C=O) groups is 1. The molecule has 4 nitrogen and oxygen atoms in total. The highest BCUT2D eigenvalue weighted by atomic mass is 16.2. The van der Waals surface area contributed by atoms with Crippen LogP contribution in [0.4, 0.5) is 5.69 Å². The number of rotatable bonds is 7. The summed E-state index contributed by atoms with van der Waals surface area (Å²) in [6.07, 6.45) is 4.37. The van der Waals surface area contributed by atoms with Crippen LogP contribution in [0.2, 0.25) is 0 Å². The lowest BCUT2D eigenvalue weighted by atomic mass is 10.2. The predicted octanol–water partition coefficient (Wildman–Crippen LogP) is 3.37. The molecule has 0 atom stereocenters. The van der Waals surface area contributed by atoms with Crippen LogP contribution in [0, 0.1) is 0 Å². The Morgan fingerprint density at radius 2 is 1.59 bits per heavy atom. The maximum absolute atomic E-state index is 12.7. The molecule has 27 heavy (non-hydrogen) atoms. The number of nitrogens with zero attached hydrogens (tertiary/aromatic N) is 3. The van der Waals surface area contributed by atoms with E-state index in [2.05, 4.69) is 65.3 Å². The van der Waals surface area contributed by atoms with Crippen LogP contribution in [0.25, 0.3) is 6.08 Å². The molecule has 2 aromatic rings. The SMILES string of the molecule is CCN(CC(=O)N1CCN(C/C=C/c2ccccc2)CC1)c1ccccc1. The molecule has 142 valence electrons. The van der Waals surface area contributed by atoms with E-state index in [0.29, 0.717) is 6.54 Å². The zero-order valence-corrected chi connectivity index (χ0v) is 16.1. The third-order valence-corrected chi connectivity index (χ3v) is 5.03. The Bertz CT molecular complexity index is 722. The van der Waals surface area contributed by atoms with Crippen molar-refractivity contribution in [2.75, 3.05) is 50.7 Å². The zero-order valence-electron chi connectivity index (χ0n) is 16.1. The van der Waals surface area contributed by atoms with Crippen molar-refractivity contribution in [1.82, 2.24) is 9.80 Å². The molecule has 1 saturated heterocycles. The van der Waals surface area contributed by atoms with Crippen molar-refractivity contribution in [3.8, 4) is 0 Å². The molecule has 1 fully saturated rings. The minimum Gasteiger partial charge on any atom is -0.362 e. The fourth-order valence-electron chi connectivity index (χ4n) is 3.37. The number of anilines is 1. The smallest absolute Gasteiger partial charge is 0.242 e. The van der Waals surface area contributed by atoms with Gasteiger partial charge in [-0.25, -0.2) is 0 Å². The summed E-state index contributed by atoms with van der Waals surface area (Å²) >= 11 is 0. The normalized spacial score (nSPS) is 15.2. The maximum Gasteiger partial charge on any atom is 0.242 e. The number of piperazine rings is 1. The van der Waals surface area contributed by atoms with E-state index in [1.807, 2.05) is 29.2 Å². The van der Waals surface area contributed by atoms with Crippen LogP contribution in [-0.2, 0) is 4.79 Å². The number of carbonyl (C=O) groups excluding carboxylic acids is 1. The van der Waals surface area contributed by atoms with Gasteiger partial charge in [0.25, 0.3) is 0 Å². The van der Waals surface area contributed by atoms with Gasteiger partial charge >= 0.3 is 0 Å². The largest absolute Gasteiger partial charge is 0.362 e. The lowest BCUT2D eigenvalue weighted by Crippen LogP contribution is -2.51. The average Bonchev–Trinajstić information content (AvgIpc) is 2.74. The van der Waals surface area contributed by atoms with E-state index < -0.39 is 0 Å². The molecular formula is C23H29N3O. The first-order chi connectivity index (χ1) is 13.3. The minimum absolute atomic E-state index is 0.222. The molecule has 0 radical (unpaired) electrons. The summed E-state index contributed by atoms with van der Waals surface area (Å²) in [6, 6.07) is 20.5. The summed E-state index contributed by atoms with van der Waals surface area (Å²) in [4.78, 5) is 19.2. The van der Waals surface area contributed by atoms with Gasteiger partial charge in [-0.15, -0.1) is 0 Å². The number of hydrogen-bond donors (Lipinski definition) is 0. The van der Waals surface area contributed by atoms with Crippen molar-refractivity contribution >= 4 is 17.7 Å². The molecule has 0 bridgehead atoms. The maximum atomic E-state index is 12.7. The third kappa shape index (κ3) is 5.69. The molecule has 4 heteroatoms. The second-order valence-electron chi connectivity index (χ2n) is 6.84. The van der Waals surface area contributed by atoms with E-state index in [-0.39, 0.29) is 5.91 Å². The quantitative estimate of drug-likeness (QED) is 0.755. The van der Waals surface area contributed by atoms with E-state index in [9.17, 15) is 4.79 Å². The van der Waals surface area contributed by atoms with Gasteiger partial charge in [0, 0.05) is 45.0 Å². The number of para-hydroxylation sites is 1. The lowest BCUT2D eigenvalue weighted by molar-refractivity contribution is -0.131. The Hall–Kier alpha value is -2.59. The molecule has 2 aromatic carbocycles. The monoisotopic (exact) mass is 363 g/mol.